The normalized spacial score (nSPS) is 26.9. The largest absolute Gasteiger partial charge is 0.480 e. The molecule has 2 fully saturated rings. The van der Waals surface area contributed by atoms with Crippen molar-refractivity contribution in [3.8, 4) is 0 Å². The number of urea groups is 1. The van der Waals surface area contributed by atoms with Gasteiger partial charge in [0.15, 0.2) is 0 Å². The van der Waals surface area contributed by atoms with E-state index in [1.807, 2.05) is 0 Å². The van der Waals surface area contributed by atoms with Gasteiger partial charge in [-0.1, -0.05) is 0 Å². The first-order chi connectivity index (χ1) is 9.41. The van der Waals surface area contributed by atoms with Crippen LogP contribution in [0.4, 0.5) is 4.79 Å². The van der Waals surface area contributed by atoms with E-state index in [0.29, 0.717) is 19.4 Å². The molecule has 2 N–H and O–H groups in total. The van der Waals surface area contributed by atoms with Crippen LogP contribution in [0.5, 0.6) is 0 Å². The van der Waals surface area contributed by atoms with Crippen LogP contribution in [-0.2, 0) is 14.4 Å². The Kier molecular flexibility index (Phi) is 3.91. The average Bonchev–Trinajstić information content (AvgIpc) is 2.89. The maximum absolute atomic E-state index is 12.1. The zero-order valence-corrected chi connectivity index (χ0v) is 11.2. The van der Waals surface area contributed by atoms with Gasteiger partial charge in [-0.15, -0.1) is 0 Å². The van der Waals surface area contributed by atoms with Crippen molar-refractivity contribution in [1.29, 1.82) is 0 Å². The summed E-state index contributed by atoms with van der Waals surface area (Å²) < 4.78 is 0. The van der Waals surface area contributed by atoms with Gasteiger partial charge < -0.3 is 15.3 Å². The first-order valence-electron chi connectivity index (χ1n) is 6.52. The zero-order valence-electron chi connectivity index (χ0n) is 11.2. The molecule has 4 amide bonds. The van der Waals surface area contributed by atoms with Crippen molar-refractivity contribution in [2.45, 2.75) is 37.8 Å². The third-order valence-corrected chi connectivity index (χ3v) is 3.75. The Morgan fingerprint density at radius 3 is 2.65 bits per heavy atom. The van der Waals surface area contributed by atoms with E-state index in [4.69, 9.17) is 5.11 Å². The highest BCUT2D eigenvalue weighted by Gasteiger charge is 2.38. The topological polar surface area (TPSA) is 107 Å². The lowest BCUT2D eigenvalue weighted by Gasteiger charge is -2.30. The summed E-state index contributed by atoms with van der Waals surface area (Å²) in [5.41, 5.74) is 0. The molecule has 8 nitrogen and oxygen atoms in total. The van der Waals surface area contributed by atoms with Crippen LogP contribution in [0.1, 0.15) is 25.7 Å². The molecule has 0 aromatic carbocycles. The molecule has 2 rings (SSSR count). The van der Waals surface area contributed by atoms with Gasteiger partial charge in [-0.2, -0.15) is 0 Å². The second-order valence-corrected chi connectivity index (χ2v) is 5.02. The number of likely N-dealkylation sites (N-methyl/N-ethyl adjacent to an activating group) is 1. The number of piperidine rings is 1. The van der Waals surface area contributed by atoms with Crippen molar-refractivity contribution in [1.82, 2.24) is 15.1 Å². The summed E-state index contributed by atoms with van der Waals surface area (Å²) in [4.78, 5) is 48.5. The summed E-state index contributed by atoms with van der Waals surface area (Å²) >= 11 is 0. The third-order valence-electron chi connectivity index (χ3n) is 3.75. The standard InChI is InChI=1S/C12H17N3O5/c1-14-9(16)5-4-7(10(14)17)13-12(20)15-6-2-3-8(15)11(18)19/h7-8H,2-6H2,1H3,(H,13,20)(H,18,19). The number of amides is 4. The number of nitrogens with one attached hydrogen (secondary N) is 1. The minimum atomic E-state index is -1.04. The van der Waals surface area contributed by atoms with E-state index in [9.17, 15) is 19.2 Å². The molecule has 2 saturated heterocycles. The van der Waals surface area contributed by atoms with E-state index < -0.39 is 30.0 Å². The van der Waals surface area contributed by atoms with Crippen LogP contribution in [0.3, 0.4) is 0 Å². The van der Waals surface area contributed by atoms with Crippen LogP contribution in [-0.4, -0.2) is 64.4 Å². The number of carboxylic acids is 1. The number of carboxylic acid groups (broad SMARTS) is 1. The number of hydrogen-bond donors (Lipinski definition) is 2. The molecule has 20 heavy (non-hydrogen) atoms. The maximum atomic E-state index is 12.1. The number of carbonyl (C=O) groups is 4. The van der Waals surface area contributed by atoms with Crippen LogP contribution in [0.15, 0.2) is 0 Å². The smallest absolute Gasteiger partial charge is 0.326 e. The SMILES string of the molecule is CN1C(=O)CCC(NC(=O)N2CCCC2C(=O)O)C1=O. The van der Waals surface area contributed by atoms with Gasteiger partial charge in [0.1, 0.15) is 12.1 Å². The monoisotopic (exact) mass is 283 g/mol. The molecule has 2 atom stereocenters. The quantitative estimate of drug-likeness (QED) is 0.658. The van der Waals surface area contributed by atoms with Gasteiger partial charge in [-0.05, 0) is 19.3 Å². The highest BCUT2D eigenvalue weighted by atomic mass is 16.4. The van der Waals surface area contributed by atoms with Gasteiger partial charge >= 0.3 is 12.0 Å². The lowest BCUT2D eigenvalue weighted by Crippen LogP contribution is -2.56. The van der Waals surface area contributed by atoms with Gasteiger partial charge in [0.05, 0.1) is 0 Å². The molecule has 2 aliphatic heterocycles. The van der Waals surface area contributed by atoms with Crippen molar-refractivity contribution in [2.24, 2.45) is 0 Å². The number of rotatable bonds is 2. The first kappa shape index (κ1) is 14.3. The molecule has 0 spiro atoms. The fourth-order valence-corrected chi connectivity index (χ4v) is 2.55. The van der Waals surface area contributed by atoms with Crippen LogP contribution in [0.25, 0.3) is 0 Å². The van der Waals surface area contributed by atoms with E-state index in [1.54, 1.807) is 0 Å². The van der Waals surface area contributed by atoms with Crippen LogP contribution in [0.2, 0.25) is 0 Å². The number of carbonyl (C=O) groups excluding carboxylic acids is 3. The summed E-state index contributed by atoms with van der Waals surface area (Å²) in [6.07, 6.45) is 1.48. The molecule has 2 aliphatic rings. The summed E-state index contributed by atoms with van der Waals surface area (Å²) in [5.74, 6) is -1.77. The Labute approximate surface area is 115 Å². The predicted molar refractivity (Wildman–Crippen MR) is 66.7 cm³/mol. The first-order valence-corrected chi connectivity index (χ1v) is 6.52. The number of imide groups is 1. The van der Waals surface area contributed by atoms with Crippen molar-refractivity contribution in [2.75, 3.05) is 13.6 Å². The highest BCUT2D eigenvalue weighted by Crippen LogP contribution is 2.18. The molecule has 0 radical (unpaired) electrons. The summed E-state index contributed by atoms with van der Waals surface area (Å²) in [6.45, 7) is 0.360. The van der Waals surface area contributed by atoms with E-state index in [0.717, 1.165) is 4.90 Å². The Hall–Kier alpha value is -2.12. The lowest BCUT2D eigenvalue weighted by atomic mass is 10.1. The fraction of sp³-hybridized carbons (Fsp3) is 0.667. The Morgan fingerprint density at radius 1 is 1.30 bits per heavy atom. The van der Waals surface area contributed by atoms with Gasteiger partial charge in [0, 0.05) is 20.0 Å². The predicted octanol–water partition coefficient (Wildman–Crippen LogP) is -0.608. The van der Waals surface area contributed by atoms with E-state index >= 15 is 0 Å². The summed E-state index contributed by atoms with van der Waals surface area (Å²) in [6, 6.07) is -2.16. The van der Waals surface area contributed by atoms with E-state index in [2.05, 4.69) is 5.32 Å². The molecule has 0 aromatic heterocycles. The molecule has 0 aliphatic carbocycles. The summed E-state index contributed by atoms with van der Waals surface area (Å²) in [7, 11) is 1.37. The van der Waals surface area contributed by atoms with Gasteiger partial charge in [-0.25, -0.2) is 9.59 Å². The Balaban J connectivity index is 1.99. The fourth-order valence-electron chi connectivity index (χ4n) is 2.55. The molecule has 2 unspecified atom stereocenters. The maximum Gasteiger partial charge on any atom is 0.326 e. The number of aliphatic carboxylic acids is 1. The molecule has 2 heterocycles. The molecule has 0 bridgehead atoms. The van der Waals surface area contributed by atoms with Gasteiger partial charge in [0.2, 0.25) is 5.91 Å². The Bertz CT molecular complexity index is 464. The minimum absolute atomic E-state index is 0.190. The zero-order chi connectivity index (χ0) is 14.9. The molecular formula is C12H17N3O5. The van der Waals surface area contributed by atoms with Crippen molar-refractivity contribution in [3.63, 3.8) is 0 Å². The second kappa shape index (κ2) is 5.48. The van der Waals surface area contributed by atoms with Crippen LogP contribution in [0, 0.1) is 0 Å². The van der Waals surface area contributed by atoms with E-state index in [-0.39, 0.29) is 18.7 Å². The van der Waals surface area contributed by atoms with Gasteiger partial charge in [-0.3, -0.25) is 14.5 Å². The van der Waals surface area contributed by atoms with E-state index in [1.165, 1.54) is 11.9 Å². The average molecular weight is 283 g/mol. The minimum Gasteiger partial charge on any atom is -0.480 e. The lowest BCUT2D eigenvalue weighted by molar-refractivity contribution is -0.147. The highest BCUT2D eigenvalue weighted by molar-refractivity contribution is 6.01. The van der Waals surface area contributed by atoms with Crippen LogP contribution >= 0.6 is 0 Å². The van der Waals surface area contributed by atoms with Crippen molar-refractivity contribution < 1.29 is 24.3 Å². The molecule has 0 saturated carbocycles. The number of hydrogen-bond acceptors (Lipinski definition) is 4. The second-order valence-electron chi connectivity index (χ2n) is 5.02. The van der Waals surface area contributed by atoms with Crippen LogP contribution < -0.4 is 5.32 Å². The van der Waals surface area contributed by atoms with Crippen molar-refractivity contribution >= 4 is 23.8 Å². The van der Waals surface area contributed by atoms with Gasteiger partial charge in [0.25, 0.3) is 5.91 Å². The molecule has 110 valence electrons. The molecular weight excluding hydrogens is 266 g/mol. The number of nitrogens with zero attached hydrogens (tertiary/aromatic N) is 2. The van der Waals surface area contributed by atoms with Crippen molar-refractivity contribution in [3.05, 3.63) is 0 Å². The number of likely N-dealkylation sites (tertiary alicyclic amines) is 2. The molecule has 8 heteroatoms. The summed E-state index contributed by atoms with van der Waals surface area (Å²) in [5, 5.41) is 11.6. The molecule has 0 aromatic rings. The Morgan fingerprint density at radius 2 is 2.00 bits per heavy atom. The third kappa shape index (κ3) is 2.59.